The molecule has 0 saturated carbocycles. The van der Waals surface area contributed by atoms with Crippen molar-refractivity contribution >= 4 is 11.1 Å². The molecule has 0 saturated heterocycles. The fourth-order valence-electron chi connectivity index (χ4n) is 5.52. The van der Waals surface area contributed by atoms with Crippen molar-refractivity contribution in [1.29, 1.82) is 0 Å². The Morgan fingerprint density at radius 1 is 0.250 bits per heavy atom. The second-order valence-electron chi connectivity index (χ2n) is 8.48. The molecule has 32 heavy (non-hydrogen) atoms. The predicted molar refractivity (Wildman–Crippen MR) is 134 cm³/mol. The van der Waals surface area contributed by atoms with Gasteiger partial charge >= 0.3 is 0 Å². The Bertz CT molecular complexity index is 1500. The summed E-state index contributed by atoms with van der Waals surface area (Å²) in [6, 6.07) is 44.1. The molecule has 0 unspecified atom stereocenters. The van der Waals surface area contributed by atoms with Gasteiger partial charge in [0, 0.05) is 0 Å². The SMILES string of the molecule is c1ccc(-c2cccc3c2C(=C2c4ccccc4-c4ccccc42)c2ccccc2-3)cc1. The minimum absolute atomic E-state index is 1.26. The van der Waals surface area contributed by atoms with E-state index in [1.807, 2.05) is 0 Å². The third-order valence-corrected chi connectivity index (χ3v) is 6.82. The summed E-state index contributed by atoms with van der Waals surface area (Å²) >= 11 is 0. The van der Waals surface area contributed by atoms with E-state index in [-0.39, 0.29) is 0 Å². The highest BCUT2D eigenvalue weighted by molar-refractivity contribution is 6.20. The summed E-state index contributed by atoms with van der Waals surface area (Å²) in [4.78, 5) is 0. The van der Waals surface area contributed by atoms with Gasteiger partial charge in [-0.15, -0.1) is 0 Å². The molecule has 0 radical (unpaired) electrons. The molecule has 7 rings (SSSR count). The van der Waals surface area contributed by atoms with E-state index in [2.05, 4.69) is 121 Å². The summed E-state index contributed by atoms with van der Waals surface area (Å²) in [6.07, 6.45) is 0. The Hall–Kier alpha value is -4.16. The average molecular weight is 405 g/mol. The molecule has 0 heterocycles. The van der Waals surface area contributed by atoms with E-state index in [9.17, 15) is 0 Å². The summed E-state index contributed by atoms with van der Waals surface area (Å²) in [6.45, 7) is 0. The number of fused-ring (bicyclic) bond motifs is 6. The minimum Gasteiger partial charge on any atom is -0.0622 e. The topological polar surface area (TPSA) is 0 Å². The van der Waals surface area contributed by atoms with Gasteiger partial charge < -0.3 is 0 Å². The van der Waals surface area contributed by atoms with Gasteiger partial charge in [-0.1, -0.05) is 121 Å². The third kappa shape index (κ3) is 2.32. The number of hydrogen-bond acceptors (Lipinski definition) is 0. The van der Waals surface area contributed by atoms with Crippen LogP contribution in [0.15, 0.2) is 121 Å². The zero-order valence-electron chi connectivity index (χ0n) is 17.5. The zero-order chi connectivity index (χ0) is 21.1. The molecule has 2 aliphatic carbocycles. The number of hydrogen-bond donors (Lipinski definition) is 0. The van der Waals surface area contributed by atoms with Crippen LogP contribution in [0.2, 0.25) is 0 Å². The lowest BCUT2D eigenvalue weighted by molar-refractivity contribution is 1.58. The lowest BCUT2D eigenvalue weighted by atomic mass is 9.87. The van der Waals surface area contributed by atoms with Gasteiger partial charge in [0.1, 0.15) is 0 Å². The van der Waals surface area contributed by atoms with Crippen molar-refractivity contribution in [3.63, 3.8) is 0 Å². The fourth-order valence-corrected chi connectivity index (χ4v) is 5.52. The van der Waals surface area contributed by atoms with Crippen molar-refractivity contribution in [3.8, 4) is 33.4 Å². The first kappa shape index (κ1) is 17.5. The maximum atomic E-state index is 2.29. The lowest BCUT2D eigenvalue weighted by Crippen LogP contribution is -1.93. The monoisotopic (exact) mass is 404 g/mol. The van der Waals surface area contributed by atoms with Crippen molar-refractivity contribution in [2.24, 2.45) is 0 Å². The smallest absolute Gasteiger partial charge is 0.000764 e. The van der Waals surface area contributed by atoms with Crippen molar-refractivity contribution in [2.75, 3.05) is 0 Å². The molecule has 0 fully saturated rings. The Balaban J connectivity index is 1.67. The first-order chi connectivity index (χ1) is 15.9. The molecule has 0 spiro atoms. The van der Waals surface area contributed by atoms with Gasteiger partial charge in [0.05, 0.1) is 0 Å². The average Bonchev–Trinajstić information content (AvgIpc) is 3.37. The standard InChI is InChI=1S/C32H20/c1-2-11-21(12-3-1)22-19-10-20-28-25-15-6-9-18-29(25)32(30(22)28)31-26-16-7-4-13-23(26)24-14-5-8-17-27(24)31/h1-20H. The van der Waals surface area contributed by atoms with Gasteiger partial charge in [-0.25, -0.2) is 0 Å². The van der Waals surface area contributed by atoms with Crippen LogP contribution in [0.3, 0.4) is 0 Å². The van der Waals surface area contributed by atoms with Gasteiger partial charge in [-0.05, 0) is 66.8 Å². The Labute approximate surface area is 188 Å². The number of rotatable bonds is 1. The second-order valence-corrected chi connectivity index (χ2v) is 8.48. The second kappa shape index (κ2) is 6.67. The van der Waals surface area contributed by atoms with Gasteiger partial charge in [-0.3, -0.25) is 0 Å². The highest BCUT2D eigenvalue weighted by atomic mass is 14.4. The summed E-state index contributed by atoms with van der Waals surface area (Å²) in [7, 11) is 0. The highest BCUT2D eigenvalue weighted by Gasteiger charge is 2.33. The summed E-state index contributed by atoms with van der Waals surface area (Å²) in [5.74, 6) is 0. The van der Waals surface area contributed by atoms with E-state index in [4.69, 9.17) is 0 Å². The summed E-state index contributed by atoms with van der Waals surface area (Å²) < 4.78 is 0. The number of benzene rings is 5. The zero-order valence-corrected chi connectivity index (χ0v) is 17.5. The summed E-state index contributed by atoms with van der Waals surface area (Å²) in [5, 5.41) is 0. The van der Waals surface area contributed by atoms with E-state index in [1.54, 1.807) is 0 Å². The Morgan fingerprint density at radius 3 is 1.25 bits per heavy atom. The Kier molecular flexibility index (Phi) is 3.65. The van der Waals surface area contributed by atoms with Crippen LogP contribution in [0.1, 0.15) is 22.3 Å². The van der Waals surface area contributed by atoms with E-state index in [1.165, 1.54) is 66.8 Å². The quantitative estimate of drug-likeness (QED) is 0.258. The third-order valence-electron chi connectivity index (χ3n) is 6.82. The molecule has 0 amide bonds. The van der Waals surface area contributed by atoms with Crippen LogP contribution in [0, 0.1) is 0 Å². The van der Waals surface area contributed by atoms with Crippen LogP contribution < -0.4 is 0 Å². The summed E-state index contributed by atoms with van der Waals surface area (Å²) in [5.41, 5.74) is 15.9. The van der Waals surface area contributed by atoms with Crippen LogP contribution >= 0.6 is 0 Å². The highest BCUT2D eigenvalue weighted by Crippen LogP contribution is 2.55. The molecule has 0 aromatic heterocycles. The van der Waals surface area contributed by atoms with E-state index >= 15 is 0 Å². The molecular formula is C32H20. The van der Waals surface area contributed by atoms with Crippen LogP contribution in [0.5, 0.6) is 0 Å². The predicted octanol–water partition coefficient (Wildman–Crippen LogP) is 8.32. The molecule has 5 aromatic carbocycles. The largest absolute Gasteiger partial charge is 0.0622 e. The van der Waals surface area contributed by atoms with Crippen molar-refractivity contribution < 1.29 is 0 Å². The molecule has 2 aliphatic rings. The van der Waals surface area contributed by atoms with Crippen LogP contribution in [-0.4, -0.2) is 0 Å². The first-order valence-electron chi connectivity index (χ1n) is 11.1. The van der Waals surface area contributed by atoms with Crippen molar-refractivity contribution in [1.82, 2.24) is 0 Å². The van der Waals surface area contributed by atoms with Crippen molar-refractivity contribution in [3.05, 3.63) is 144 Å². The molecular weight excluding hydrogens is 384 g/mol. The molecule has 0 heteroatoms. The van der Waals surface area contributed by atoms with Crippen LogP contribution in [0.25, 0.3) is 44.5 Å². The van der Waals surface area contributed by atoms with Crippen LogP contribution in [-0.2, 0) is 0 Å². The molecule has 0 N–H and O–H groups in total. The van der Waals surface area contributed by atoms with E-state index < -0.39 is 0 Å². The van der Waals surface area contributed by atoms with Crippen LogP contribution in [0.4, 0.5) is 0 Å². The molecule has 0 nitrogen and oxygen atoms in total. The van der Waals surface area contributed by atoms with Crippen molar-refractivity contribution in [2.45, 2.75) is 0 Å². The maximum Gasteiger partial charge on any atom is -0.000764 e. The molecule has 0 bridgehead atoms. The normalized spacial score (nSPS) is 12.9. The molecule has 0 aliphatic heterocycles. The van der Waals surface area contributed by atoms with Gasteiger partial charge in [0.25, 0.3) is 0 Å². The lowest BCUT2D eigenvalue weighted by Gasteiger charge is -2.15. The van der Waals surface area contributed by atoms with Gasteiger partial charge in [0.2, 0.25) is 0 Å². The van der Waals surface area contributed by atoms with Gasteiger partial charge in [0.15, 0.2) is 0 Å². The Morgan fingerprint density at radius 2 is 0.656 bits per heavy atom. The maximum absolute atomic E-state index is 2.29. The van der Waals surface area contributed by atoms with Gasteiger partial charge in [-0.2, -0.15) is 0 Å². The molecule has 148 valence electrons. The van der Waals surface area contributed by atoms with E-state index in [0.717, 1.165) is 0 Å². The minimum atomic E-state index is 1.26. The fraction of sp³-hybridized carbons (Fsp3) is 0. The first-order valence-corrected chi connectivity index (χ1v) is 11.1. The molecule has 0 atom stereocenters. The van der Waals surface area contributed by atoms with E-state index in [0.29, 0.717) is 0 Å². The molecule has 5 aromatic rings.